The molecule has 1 heterocycles. The molecule has 2 aromatic rings. The third kappa shape index (κ3) is 2.65. The first kappa shape index (κ1) is 13.1. The summed E-state index contributed by atoms with van der Waals surface area (Å²) in [6, 6.07) is 13.1. The lowest BCUT2D eigenvalue weighted by Gasteiger charge is -2.04. The number of hydrogen-bond acceptors (Lipinski definition) is 2. The van der Waals surface area contributed by atoms with Gasteiger partial charge < -0.3 is 5.32 Å². The van der Waals surface area contributed by atoms with Crippen molar-refractivity contribution in [3.8, 4) is 0 Å². The summed E-state index contributed by atoms with van der Waals surface area (Å²) >= 11 is 3.40. The number of benzene rings is 2. The third-order valence-corrected chi connectivity index (χ3v) is 3.80. The maximum absolute atomic E-state index is 12.3. The summed E-state index contributed by atoms with van der Waals surface area (Å²) in [5.41, 5.74) is 3.34. The van der Waals surface area contributed by atoms with Gasteiger partial charge in [0.1, 0.15) is 0 Å². The molecule has 100 valence electrons. The van der Waals surface area contributed by atoms with Crippen molar-refractivity contribution < 1.29 is 9.59 Å². The van der Waals surface area contributed by atoms with Crippen LogP contribution in [0.2, 0.25) is 0 Å². The zero-order valence-corrected chi connectivity index (χ0v) is 12.2. The zero-order chi connectivity index (χ0) is 14.1. The molecule has 0 bridgehead atoms. The normalized spacial score (nSPS) is 12.9. The van der Waals surface area contributed by atoms with Crippen molar-refractivity contribution in [1.29, 1.82) is 0 Å². The van der Waals surface area contributed by atoms with Gasteiger partial charge in [0.15, 0.2) is 5.78 Å². The Morgan fingerprint density at radius 2 is 2.05 bits per heavy atom. The Kier molecular flexibility index (Phi) is 3.40. The SMILES string of the molecule is O=C1Cc2cc(C(=O)Cc3cccc(Br)c3)ccc2N1. The van der Waals surface area contributed by atoms with Crippen molar-refractivity contribution >= 4 is 33.3 Å². The van der Waals surface area contributed by atoms with Crippen LogP contribution >= 0.6 is 15.9 Å². The first-order chi connectivity index (χ1) is 9.61. The standard InChI is InChI=1S/C16H12BrNO2/c17-13-3-1-2-10(6-13)7-15(19)11-4-5-14-12(8-11)9-16(20)18-14/h1-6,8H,7,9H2,(H,18,20). The Hall–Kier alpha value is -1.94. The lowest BCUT2D eigenvalue weighted by atomic mass is 10.0. The van der Waals surface area contributed by atoms with Crippen molar-refractivity contribution in [2.45, 2.75) is 12.8 Å². The molecule has 0 saturated carbocycles. The van der Waals surface area contributed by atoms with Crippen LogP contribution in [0.1, 0.15) is 21.5 Å². The van der Waals surface area contributed by atoms with Crippen LogP contribution in [0.5, 0.6) is 0 Å². The summed E-state index contributed by atoms with van der Waals surface area (Å²) in [4.78, 5) is 23.6. The Morgan fingerprint density at radius 3 is 2.85 bits per heavy atom. The van der Waals surface area contributed by atoms with Crippen molar-refractivity contribution in [3.63, 3.8) is 0 Å². The number of rotatable bonds is 3. The minimum absolute atomic E-state index is 0.0170. The fraction of sp³-hybridized carbons (Fsp3) is 0.125. The minimum Gasteiger partial charge on any atom is -0.326 e. The second kappa shape index (κ2) is 5.21. The van der Waals surface area contributed by atoms with Gasteiger partial charge in [-0.2, -0.15) is 0 Å². The molecule has 0 aliphatic carbocycles. The maximum Gasteiger partial charge on any atom is 0.228 e. The van der Waals surface area contributed by atoms with E-state index in [1.54, 1.807) is 12.1 Å². The molecule has 20 heavy (non-hydrogen) atoms. The van der Waals surface area contributed by atoms with E-state index in [1.165, 1.54) is 0 Å². The van der Waals surface area contributed by atoms with E-state index in [1.807, 2.05) is 30.3 Å². The third-order valence-electron chi connectivity index (χ3n) is 3.31. The number of Topliss-reactive ketones (excluding diaryl/α,β-unsaturated/α-hetero) is 1. The first-order valence-electron chi connectivity index (χ1n) is 6.32. The van der Waals surface area contributed by atoms with Crippen LogP contribution in [-0.4, -0.2) is 11.7 Å². The van der Waals surface area contributed by atoms with Crippen LogP contribution in [-0.2, 0) is 17.6 Å². The van der Waals surface area contributed by atoms with E-state index in [0.29, 0.717) is 18.4 Å². The van der Waals surface area contributed by atoms with Gasteiger partial charge in [-0.05, 0) is 41.5 Å². The summed E-state index contributed by atoms with van der Waals surface area (Å²) in [5, 5.41) is 2.76. The first-order valence-corrected chi connectivity index (χ1v) is 7.11. The van der Waals surface area contributed by atoms with Crippen LogP contribution < -0.4 is 5.32 Å². The number of carbonyl (C=O) groups excluding carboxylic acids is 2. The molecule has 0 spiro atoms. The second-order valence-electron chi connectivity index (χ2n) is 4.83. The highest BCUT2D eigenvalue weighted by Gasteiger charge is 2.19. The molecule has 0 aromatic heterocycles. The highest BCUT2D eigenvalue weighted by molar-refractivity contribution is 9.10. The van der Waals surface area contributed by atoms with E-state index in [4.69, 9.17) is 0 Å². The smallest absolute Gasteiger partial charge is 0.228 e. The van der Waals surface area contributed by atoms with Gasteiger partial charge in [-0.3, -0.25) is 9.59 Å². The Morgan fingerprint density at radius 1 is 1.20 bits per heavy atom. The molecule has 0 atom stereocenters. The largest absolute Gasteiger partial charge is 0.326 e. The molecule has 4 heteroatoms. The topological polar surface area (TPSA) is 46.2 Å². The van der Waals surface area contributed by atoms with Gasteiger partial charge in [0.25, 0.3) is 0 Å². The molecule has 0 fully saturated rings. The van der Waals surface area contributed by atoms with Gasteiger partial charge in [0, 0.05) is 22.1 Å². The van der Waals surface area contributed by atoms with Crippen LogP contribution in [0.3, 0.4) is 0 Å². The quantitative estimate of drug-likeness (QED) is 0.877. The van der Waals surface area contributed by atoms with Gasteiger partial charge in [-0.15, -0.1) is 0 Å². The van der Waals surface area contributed by atoms with Crippen molar-refractivity contribution in [3.05, 3.63) is 63.6 Å². The molecule has 1 aliphatic rings. The number of anilines is 1. The van der Waals surface area contributed by atoms with Gasteiger partial charge in [-0.1, -0.05) is 28.1 Å². The van der Waals surface area contributed by atoms with Gasteiger partial charge in [0.2, 0.25) is 5.91 Å². The molecule has 3 rings (SSSR count). The van der Waals surface area contributed by atoms with Crippen molar-refractivity contribution in [2.75, 3.05) is 5.32 Å². The average Bonchev–Trinajstić information content (AvgIpc) is 2.77. The molecule has 0 radical (unpaired) electrons. The molecule has 2 aromatic carbocycles. The highest BCUT2D eigenvalue weighted by Crippen LogP contribution is 2.24. The van der Waals surface area contributed by atoms with Crippen LogP contribution in [0.25, 0.3) is 0 Å². The number of amides is 1. The van der Waals surface area contributed by atoms with Gasteiger partial charge >= 0.3 is 0 Å². The predicted molar refractivity (Wildman–Crippen MR) is 81.0 cm³/mol. The monoisotopic (exact) mass is 329 g/mol. The summed E-state index contributed by atoms with van der Waals surface area (Å²) in [5.74, 6) is 0.0434. The maximum atomic E-state index is 12.3. The number of fused-ring (bicyclic) bond motifs is 1. The Labute approximate surface area is 125 Å². The van der Waals surface area contributed by atoms with E-state index in [2.05, 4.69) is 21.2 Å². The molecule has 0 saturated heterocycles. The number of ketones is 1. The molecule has 3 nitrogen and oxygen atoms in total. The van der Waals surface area contributed by atoms with E-state index >= 15 is 0 Å². The van der Waals surface area contributed by atoms with E-state index in [-0.39, 0.29) is 11.7 Å². The predicted octanol–water partition coefficient (Wildman–Crippen LogP) is 3.37. The fourth-order valence-corrected chi connectivity index (χ4v) is 2.78. The molecular formula is C16H12BrNO2. The average molecular weight is 330 g/mol. The van der Waals surface area contributed by atoms with Crippen molar-refractivity contribution in [1.82, 2.24) is 0 Å². The van der Waals surface area contributed by atoms with Gasteiger partial charge in [-0.25, -0.2) is 0 Å². The summed E-state index contributed by atoms with van der Waals surface area (Å²) in [6.45, 7) is 0. The second-order valence-corrected chi connectivity index (χ2v) is 5.74. The van der Waals surface area contributed by atoms with E-state index < -0.39 is 0 Å². The lowest BCUT2D eigenvalue weighted by Crippen LogP contribution is -2.04. The lowest BCUT2D eigenvalue weighted by molar-refractivity contribution is -0.115. The zero-order valence-electron chi connectivity index (χ0n) is 10.7. The number of halogens is 1. The van der Waals surface area contributed by atoms with E-state index in [9.17, 15) is 9.59 Å². The summed E-state index contributed by atoms with van der Waals surface area (Å²) < 4.78 is 0.964. The number of hydrogen-bond donors (Lipinski definition) is 1. The highest BCUT2D eigenvalue weighted by atomic mass is 79.9. The number of carbonyl (C=O) groups is 2. The van der Waals surface area contributed by atoms with Gasteiger partial charge in [0.05, 0.1) is 6.42 Å². The molecular weight excluding hydrogens is 318 g/mol. The minimum atomic E-state index is -0.0170. The van der Waals surface area contributed by atoms with Crippen LogP contribution in [0.4, 0.5) is 5.69 Å². The molecule has 1 N–H and O–H groups in total. The Bertz CT molecular complexity index is 709. The Balaban J connectivity index is 1.81. The van der Waals surface area contributed by atoms with Crippen molar-refractivity contribution in [2.24, 2.45) is 0 Å². The van der Waals surface area contributed by atoms with Crippen LogP contribution in [0, 0.1) is 0 Å². The summed E-state index contributed by atoms with van der Waals surface area (Å²) in [6.07, 6.45) is 0.715. The van der Waals surface area contributed by atoms with E-state index in [0.717, 1.165) is 21.3 Å². The van der Waals surface area contributed by atoms with Crippen LogP contribution in [0.15, 0.2) is 46.9 Å². The summed E-state index contributed by atoms with van der Waals surface area (Å²) in [7, 11) is 0. The number of nitrogens with one attached hydrogen (secondary N) is 1. The fourth-order valence-electron chi connectivity index (χ4n) is 2.34. The molecule has 1 aliphatic heterocycles. The molecule has 1 amide bonds. The molecule has 0 unspecified atom stereocenters.